The number of ether oxygens (including phenoxy) is 1. The lowest BCUT2D eigenvalue weighted by molar-refractivity contribution is 0.0907. The predicted molar refractivity (Wildman–Crippen MR) is 148 cm³/mol. The van der Waals surface area contributed by atoms with Crippen LogP contribution in [-0.4, -0.2) is 47.8 Å². The summed E-state index contributed by atoms with van der Waals surface area (Å²) in [6, 6.07) is 18.0. The molecule has 2 amide bonds. The van der Waals surface area contributed by atoms with Gasteiger partial charge < -0.3 is 10.5 Å². The third-order valence-electron chi connectivity index (χ3n) is 6.81. The van der Waals surface area contributed by atoms with E-state index >= 15 is 0 Å². The van der Waals surface area contributed by atoms with Gasteiger partial charge in [0.1, 0.15) is 29.5 Å². The first kappa shape index (κ1) is 25.0. The van der Waals surface area contributed by atoms with E-state index in [1.165, 1.54) is 0 Å². The summed E-state index contributed by atoms with van der Waals surface area (Å²) >= 11 is 0. The molecule has 1 aliphatic rings. The molecule has 11 nitrogen and oxygen atoms in total. The van der Waals surface area contributed by atoms with Crippen LogP contribution >= 0.6 is 0 Å². The number of nitrogens with two attached hydrogens (primary N) is 1. The Labute approximate surface area is 229 Å². The summed E-state index contributed by atoms with van der Waals surface area (Å²) in [5.41, 5.74) is 9.69. The number of hydrogen-bond acceptors (Lipinski definition) is 8. The lowest BCUT2D eigenvalue weighted by atomic mass is 10.1. The van der Waals surface area contributed by atoms with Crippen LogP contribution in [0.4, 0.5) is 16.6 Å². The Kier molecular flexibility index (Phi) is 6.75. The SMILES string of the molecule is Nc1nccn2c([C@@H]3CCCN3C(=O)OCc3ccccc3)nc(-c3ccc(C(=O)Nc4ncccn4)cc3)c12. The Morgan fingerprint density at radius 1 is 0.975 bits per heavy atom. The number of nitrogens with one attached hydrogen (secondary N) is 1. The van der Waals surface area contributed by atoms with Crippen LogP contribution in [0.3, 0.4) is 0 Å². The van der Waals surface area contributed by atoms with Gasteiger partial charge in [-0.25, -0.2) is 24.7 Å². The van der Waals surface area contributed by atoms with Gasteiger partial charge in [0.15, 0.2) is 0 Å². The standard InChI is InChI=1S/C29H26N8O3/c30-25-24-23(20-9-11-21(12-10-20)27(38)35-28-32-13-5-14-33-28)34-26(37(24)17-15-31-25)22-8-4-16-36(22)29(39)40-18-19-6-2-1-3-7-19/h1-3,5-7,9-15,17,22H,4,8,16,18H2,(H2,30,31)(H,32,33,35,38)/t22-/m0/s1. The van der Waals surface area contributed by atoms with Gasteiger partial charge in [-0.3, -0.25) is 19.4 Å². The number of aromatic nitrogens is 5. The van der Waals surface area contributed by atoms with Crippen LogP contribution in [0.5, 0.6) is 0 Å². The molecular weight excluding hydrogens is 508 g/mol. The van der Waals surface area contributed by atoms with Crippen molar-refractivity contribution in [3.8, 4) is 11.3 Å². The number of benzene rings is 2. The molecule has 2 aromatic carbocycles. The molecule has 0 spiro atoms. The monoisotopic (exact) mass is 534 g/mol. The number of rotatable bonds is 6. The van der Waals surface area contributed by atoms with Gasteiger partial charge in [0.05, 0.1) is 6.04 Å². The molecule has 0 aliphatic carbocycles. The second-order valence-electron chi connectivity index (χ2n) is 9.35. The predicted octanol–water partition coefficient (Wildman–Crippen LogP) is 4.49. The van der Waals surface area contributed by atoms with E-state index in [-0.39, 0.29) is 30.6 Å². The number of nitrogen functional groups attached to an aromatic ring is 1. The average molecular weight is 535 g/mol. The van der Waals surface area contributed by atoms with Crippen LogP contribution in [0, 0.1) is 0 Å². The smallest absolute Gasteiger partial charge is 0.410 e. The molecule has 3 aromatic heterocycles. The molecule has 0 bridgehead atoms. The van der Waals surface area contributed by atoms with Gasteiger partial charge in [0.25, 0.3) is 5.91 Å². The highest BCUT2D eigenvalue weighted by Gasteiger charge is 2.35. The minimum absolute atomic E-state index is 0.198. The minimum atomic E-state index is -0.385. The van der Waals surface area contributed by atoms with E-state index in [1.807, 2.05) is 34.7 Å². The van der Waals surface area contributed by atoms with Gasteiger partial charge in [-0.15, -0.1) is 0 Å². The molecule has 6 rings (SSSR count). The third-order valence-corrected chi connectivity index (χ3v) is 6.81. The van der Waals surface area contributed by atoms with Crippen molar-refractivity contribution in [2.45, 2.75) is 25.5 Å². The van der Waals surface area contributed by atoms with Crippen LogP contribution in [0.2, 0.25) is 0 Å². The first-order valence-corrected chi connectivity index (χ1v) is 12.9. The number of anilines is 2. The number of fused-ring (bicyclic) bond motifs is 1. The third kappa shape index (κ3) is 4.92. The summed E-state index contributed by atoms with van der Waals surface area (Å²) in [5, 5.41) is 2.67. The molecule has 3 N–H and O–H groups in total. The fraction of sp³-hybridized carbons (Fsp3) is 0.172. The van der Waals surface area contributed by atoms with Crippen LogP contribution < -0.4 is 11.1 Å². The molecule has 200 valence electrons. The Morgan fingerprint density at radius 2 is 1.75 bits per heavy atom. The van der Waals surface area contributed by atoms with Crippen molar-refractivity contribution in [1.82, 2.24) is 29.2 Å². The maximum atomic E-state index is 13.1. The van der Waals surface area contributed by atoms with E-state index in [4.69, 9.17) is 15.5 Å². The van der Waals surface area contributed by atoms with E-state index in [0.717, 1.165) is 24.0 Å². The summed E-state index contributed by atoms with van der Waals surface area (Å²) in [7, 11) is 0. The van der Waals surface area contributed by atoms with Crippen LogP contribution in [-0.2, 0) is 11.3 Å². The van der Waals surface area contributed by atoms with Crippen molar-refractivity contribution in [3.05, 3.63) is 102 Å². The molecule has 1 fully saturated rings. The topological polar surface area (TPSA) is 141 Å². The summed E-state index contributed by atoms with van der Waals surface area (Å²) in [4.78, 5) is 44.8. The van der Waals surface area contributed by atoms with Crippen molar-refractivity contribution in [1.29, 1.82) is 0 Å². The molecule has 5 aromatic rings. The highest BCUT2D eigenvalue weighted by Crippen LogP contribution is 2.36. The normalized spacial score (nSPS) is 14.8. The zero-order valence-corrected chi connectivity index (χ0v) is 21.5. The number of hydrogen-bond donors (Lipinski definition) is 2. The second-order valence-corrected chi connectivity index (χ2v) is 9.35. The second kappa shape index (κ2) is 10.8. The first-order valence-electron chi connectivity index (χ1n) is 12.9. The molecular formula is C29H26N8O3. The van der Waals surface area contributed by atoms with Gasteiger partial charge in [-0.2, -0.15) is 0 Å². The molecule has 4 heterocycles. The van der Waals surface area contributed by atoms with Gasteiger partial charge in [0.2, 0.25) is 5.95 Å². The van der Waals surface area contributed by atoms with E-state index in [9.17, 15) is 9.59 Å². The van der Waals surface area contributed by atoms with Crippen molar-refractivity contribution in [2.24, 2.45) is 0 Å². The highest BCUT2D eigenvalue weighted by molar-refractivity contribution is 6.03. The maximum absolute atomic E-state index is 13.1. The van der Waals surface area contributed by atoms with Crippen LogP contribution in [0.25, 0.3) is 16.8 Å². The summed E-state index contributed by atoms with van der Waals surface area (Å²) in [6.07, 6.45) is 7.70. The first-order chi connectivity index (χ1) is 19.6. The Hall–Kier alpha value is -5.32. The van der Waals surface area contributed by atoms with E-state index in [1.54, 1.807) is 60.0 Å². The number of carbonyl (C=O) groups is 2. The van der Waals surface area contributed by atoms with Crippen molar-refractivity contribution >= 4 is 29.3 Å². The molecule has 1 saturated heterocycles. The number of amides is 2. The van der Waals surface area contributed by atoms with E-state index in [2.05, 4.69) is 20.3 Å². The summed E-state index contributed by atoms with van der Waals surface area (Å²) < 4.78 is 7.52. The minimum Gasteiger partial charge on any atom is -0.445 e. The molecule has 11 heteroatoms. The molecule has 1 aliphatic heterocycles. The van der Waals surface area contributed by atoms with Crippen molar-refractivity contribution in [3.63, 3.8) is 0 Å². The maximum Gasteiger partial charge on any atom is 0.410 e. The Balaban J connectivity index is 1.28. The van der Waals surface area contributed by atoms with Crippen LogP contribution in [0.15, 0.2) is 85.5 Å². The quantitative estimate of drug-likeness (QED) is 0.325. The Morgan fingerprint density at radius 3 is 2.52 bits per heavy atom. The molecule has 40 heavy (non-hydrogen) atoms. The van der Waals surface area contributed by atoms with E-state index in [0.29, 0.717) is 35.0 Å². The van der Waals surface area contributed by atoms with Crippen molar-refractivity contribution < 1.29 is 14.3 Å². The van der Waals surface area contributed by atoms with Gasteiger partial charge in [-0.05, 0) is 36.6 Å². The average Bonchev–Trinajstić information content (AvgIpc) is 3.63. The molecule has 1 atom stereocenters. The fourth-order valence-corrected chi connectivity index (χ4v) is 4.90. The lowest BCUT2D eigenvalue weighted by Crippen LogP contribution is -2.32. The van der Waals surface area contributed by atoms with E-state index < -0.39 is 0 Å². The fourth-order valence-electron chi connectivity index (χ4n) is 4.90. The molecule has 0 radical (unpaired) electrons. The number of imidazole rings is 1. The lowest BCUT2D eigenvalue weighted by Gasteiger charge is -2.23. The van der Waals surface area contributed by atoms with Crippen molar-refractivity contribution in [2.75, 3.05) is 17.6 Å². The van der Waals surface area contributed by atoms with Gasteiger partial charge in [0, 0.05) is 42.5 Å². The largest absolute Gasteiger partial charge is 0.445 e. The number of likely N-dealkylation sites (tertiary alicyclic amines) is 1. The molecule has 0 saturated carbocycles. The zero-order chi connectivity index (χ0) is 27.5. The summed E-state index contributed by atoms with van der Waals surface area (Å²) in [5.74, 6) is 0.889. The highest BCUT2D eigenvalue weighted by atomic mass is 16.6. The van der Waals surface area contributed by atoms with Gasteiger partial charge >= 0.3 is 6.09 Å². The number of nitrogens with zero attached hydrogens (tertiary/aromatic N) is 6. The Bertz CT molecular complexity index is 1660. The molecule has 0 unspecified atom stereocenters. The summed E-state index contributed by atoms with van der Waals surface area (Å²) in [6.45, 7) is 0.766. The van der Waals surface area contributed by atoms with Crippen LogP contribution in [0.1, 0.15) is 40.6 Å². The number of carbonyl (C=O) groups excluding carboxylic acids is 2. The van der Waals surface area contributed by atoms with Gasteiger partial charge in [-0.1, -0.05) is 42.5 Å². The zero-order valence-electron chi connectivity index (χ0n) is 21.5.